The molecule has 0 radical (unpaired) electrons. The van der Waals surface area contributed by atoms with Crippen molar-refractivity contribution >= 4 is 163 Å². The van der Waals surface area contributed by atoms with E-state index in [2.05, 4.69) is 245 Å². The molecule has 0 aromatic heterocycles. The summed E-state index contributed by atoms with van der Waals surface area (Å²) in [5.74, 6) is 0. The van der Waals surface area contributed by atoms with Gasteiger partial charge in [-0.1, -0.05) is 204 Å². The number of hydrogen-bond donors (Lipinski definition) is 0. The molecule has 2 fully saturated rings. The summed E-state index contributed by atoms with van der Waals surface area (Å²) in [5, 5.41) is 26.8. The first-order chi connectivity index (χ1) is 42.2. The minimum atomic E-state index is -1.76. The third-order valence-corrected chi connectivity index (χ3v) is 29.3. The van der Waals surface area contributed by atoms with Crippen LogP contribution in [-0.2, 0) is 74.4 Å². The van der Waals surface area contributed by atoms with Crippen molar-refractivity contribution in [3.8, 4) is 0 Å². The molecule has 0 bridgehead atoms. The Balaban J connectivity index is 0.000000134. The molecule has 2 aliphatic rings. The van der Waals surface area contributed by atoms with Crippen molar-refractivity contribution in [1.29, 1.82) is 0 Å². The summed E-state index contributed by atoms with van der Waals surface area (Å²) in [6, 6.07) is 89.7. The summed E-state index contributed by atoms with van der Waals surface area (Å²) < 4.78 is 0. The van der Waals surface area contributed by atoms with Gasteiger partial charge in [0.1, 0.15) is 0 Å². The van der Waals surface area contributed by atoms with Gasteiger partial charge in [-0.2, -0.15) is 46.3 Å². The molecular weight excluding hydrogens is 1440 g/mol. The normalized spacial score (nSPS) is 14.2. The van der Waals surface area contributed by atoms with Crippen molar-refractivity contribution in [2.24, 2.45) is 0 Å². The molecule has 11 heteroatoms. The van der Waals surface area contributed by atoms with Crippen LogP contribution in [0.1, 0.15) is 75.5 Å². The number of hydrogen-bond acceptors (Lipinski definition) is 0. The van der Waals surface area contributed by atoms with Gasteiger partial charge in [-0.15, -0.1) is 164 Å². The fourth-order valence-corrected chi connectivity index (χ4v) is 26.4. The smallest absolute Gasteiger partial charge is 0.0198 e. The molecule has 432 valence electrons. The molecule has 13 aromatic carbocycles. The standard InChI is InChI=1S/C27H28Si.C25H20.C23H22Si.6ClH.3Zr/c1-2-3-11-21-16-17-22(20-21)28(18-9-4-10-19-28)27-25-14-7-5-12-23(25)24-13-6-8-15-26(24)27;1-25(2,23-16-15-17-9-3-4-10-18(17)23)24-21-13-7-5-11-19(21)20-12-6-8-14-22(20)24;1-8-16-24(17-9-1,18-10-2-3-11-18)23-21-14-6-4-12-19(21)20-13-5-7-15-22(20)23;;;;;;;;;/h2,5-8,12-17,20H,1,3-4,9-11,18-19H2;3-16H,1-2H3;2-7,10-15H,1,8-9,16-17H2;6*1H;;;/q3*-2;;;;;;;3*+4/p-6. The molecule has 0 N–H and O–H groups in total. The van der Waals surface area contributed by atoms with Crippen LogP contribution in [0.25, 0.3) is 75.4 Å². The fourth-order valence-electron chi connectivity index (χ4n) is 15.2. The van der Waals surface area contributed by atoms with E-state index in [-0.39, 0.29) is 5.41 Å². The monoisotopic (exact) mass is 1510 g/mol. The molecule has 0 unspecified atom stereocenters. The van der Waals surface area contributed by atoms with Crippen LogP contribution in [0.2, 0.25) is 24.2 Å². The minimum absolute atomic E-state index is 0.0637. The van der Waals surface area contributed by atoms with Gasteiger partial charge in [0.2, 0.25) is 0 Å². The van der Waals surface area contributed by atoms with Crippen LogP contribution in [0, 0.1) is 0 Å². The number of halogens is 6. The van der Waals surface area contributed by atoms with Gasteiger partial charge >= 0.3 is 114 Å². The van der Waals surface area contributed by atoms with Crippen molar-refractivity contribution in [2.75, 3.05) is 0 Å². The number of allylic oxidation sites excluding steroid dienone is 1. The van der Waals surface area contributed by atoms with Gasteiger partial charge in [0.25, 0.3) is 0 Å². The Kier molecular flexibility index (Phi) is 24.1. The van der Waals surface area contributed by atoms with Crippen molar-refractivity contribution in [2.45, 2.75) is 94.8 Å². The third-order valence-electron chi connectivity index (χ3n) is 18.6. The van der Waals surface area contributed by atoms with E-state index in [1.165, 1.54) is 155 Å². The Bertz CT molecular complexity index is 4110. The van der Waals surface area contributed by atoms with E-state index in [1.54, 1.807) is 20.7 Å². The van der Waals surface area contributed by atoms with Gasteiger partial charge in [0.05, 0.1) is 0 Å². The predicted octanol–water partition coefficient (Wildman–Crippen LogP) is 22.5. The molecule has 0 spiro atoms. The molecule has 0 atom stereocenters. The van der Waals surface area contributed by atoms with Gasteiger partial charge in [0.15, 0.2) is 0 Å². The maximum absolute atomic E-state index is 4.93. The van der Waals surface area contributed by atoms with Crippen LogP contribution in [0.5, 0.6) is 0 Å². The number of aryl methyl sites for hydroxylation is 1. The van der Waals surface area contributed by atoms with Crippen LogP contribution in [0.15, 0.2) is 237 Å². The summed E-state index contributed by atoms with van der Waals surface area (Å²) in [4.78, 5) is 0. The second-order valence-corrected chi connectivity index (χ2v) is 43.0. The molecule has 15 rings (SSSR count). The average Bonchev–Trinajstić information content (AvgIpc) is 1.64. The third kappa shape index (κ3) is 13.6. The van der Waals surface area contributed by atoms with Crippen molar-refractivity contribution in [1.82, 2.24) is 0 Å². The van der Waals surface area contributed by atoms with Crippen molar-refractivity contribution in [3.63, 3.8) is 0 Å². The molecule has 0 nitrogen and oxygen atoms in total. The second-order valence-electron chi connectivity index (χ2n) is 23.4. The maximum Gasteiger partial charge on any atom is 0.0198 e. The van der Waals surface area contributed by atoms with Gasteiger partial charge < -0.3 is 0 Å². The Morgan fingerprint density at radius 1 is 0.407 bits per heavy atom. The van der Waals surface area contributed by atoms with Crippen LogP contribution >= 0.6 is 51.1 Å². The zero-order valence-corrected chi connectivity index (χ0v) is 62.8. The van der Waals surface area contributed by atoms with E-state index < -0.39 is 78.7 Å². The molecule has 2 saturated heterocycles. The van der Waals surface area contributed by atoms with Crippen LogP contribution < -0.4 is 20.7 Å². The Morgan fingerprint density at radius 2 is 0.756 bits per heavy atom. The topological polar surface area (TPSA) is 0 Å². The summed E-state index contributed by atoms with van der Waals surface area (Å²) in [6.07, 6.45) is 12.6. The average molecular weight is 1510 g/mol. The second kappa shape index (κ2) is 31.4. The van der Waals surface area contributed by atoms with E-state index in [0.29, 0.717) is 0 Å². The van der Waals surface area contributed by atoms with E-state index >= 15 is 0 Å². The zero-order valence-electron chi connectivity index (χ0n) is 48.9. The number of fused-ring (bicyclic) bond motifs is 10. The Labute approximate surface area is 567 Å². The molecule has 0 aliphatic carbocycles. The molecule has 0 amide bonds. The molecule has 2 heterocycles. The predicted molar refractivity (Wildman–Crippen MR) is 377 cm³/mol. The summed E-state index contributed by atoms with van der Waals surface area (Å²) >= 11 is -2.48. The molecule has 13 aromatic rings. The first-order valence-electron chi connectivity index (χ1n) is 30.0. The number of rotatable bonds is 9. The first-order valence-corrected chi connectivity index (χ1v) is 53.8. The van der Waals surface area contributed by atoms with Gasteiger partial charge in [0, 0.05) is 16.1 Å². The zero-order chi connectivity index (χ0) is 60.1. The molecule has 0 saturated carbocycles. The maximum atomic E-state index is 4.93. The SMILES string of the molecule is C=CCCc1cc[c-]([Si]2([c-]3c4ccccc4c4ccccc43)CCCCC2)c1.CC(C)([c-]1ccc2ccccc21)[c-]1c2ccccc2c2ccccc21.[Cl][Zr+2][Cl].[Cl][Zr+2][Cl].[Cl][Zr+2][Cl].c1ccc2c(c1)c1ccccc1[c-]2[Si]1([c-]2cccc2)CCCCC1. The van der Waals surface area contributed by atoms with Crippen LogP contribution in [0.3, 0.4) is 0 Å². The fraction of sp³-hybridized carbons (Fsp3) is 0.200. The van der Waals surface area contributed by atoms with Crippen molar-refractivity contribution in [3.05, 3.63) is 254 Å². The van der Waals surface area contributed by atoms with Gasteiger partial charge in [-0.05, 0) is 11.8 Å². The van der Waals surface area contributed by atoms with Gasteiger partial charge in [-0.3, -0.25) is 0 Å². The Hall–Kier alpha value is -2.98. The summed E-state index contributed by atoms with van der Waals surface area (Å²) in [6.45, 7) is 8.63. The van der Waals surface area contributed by atoms with E-state index in [1.807, 2.05) is 6.08 Å². The van der Waals surface area contributed by atoms with Gasteiger partial charge in [-0.25, -0.2) is 18.2 Å². The number of benzene rings is 7. The molecule has 86 heavy (non-hydrogen) atoms. The molecular formula is C75H70Cl6Si2Zr3. The van der Waals surface area contributed by atoms with Crippen molar-refractivity contribution < 1.29 is 62.5 Å². The minimum Gasteiger partial charge on any atom is -0.214 e. The van der Waals surface area contributed by atoms with E-state index in [0.717, 1.165) is 12.8 Å². The summed E-state index contributed by atoms with van der Waals surface area (Å²) in [7, 11) is 26.2. The van der Waals surface area contributed by atoms with E-state index in [9.17, 15) is 0 Å². The van der Waals surface area contributed by atoms with E-state index in [4.69, 9.17) is 51.1 Å². The van der Waals surface area contributed by atoms with Crippen LogP contribution in [0.4, 0.5) is 0 Å². The summed E-state index contributed by atoms with van der Waals surface area (Å²) in [5.41, 5.74) is 4.28. The molecule has 2 aliphatic heterocycles. The quantitative estimate of drug-likeness (QED) is 0.0768. The first kappa shape index (κ1) is 66.0. The Morgan fingerprint density at radius 3 is 1.16 bits per heavy atom. The largest absolute Gasteiger partial charge is 0.214 e. The van der Waals surface area contributed by atoms with Crippen LogP contribution in [-0.4, -0.2) is 16.1 Å².